The van der Waals surface area contributed by atoms with E-state index in [9.17, 15) is 0 Å². The Hall–Kier alpha value is -0.760. The van der Waals surface area contributed by atoms with Gasteiger partial charge in [-0.1, -0.05) is 0 Å². The van der Waals surface area contributed by atoms with Crippen molar-refractivity contribution in [2.45, 2.75) is 13.3 Å². The molecule has 0 aliphatic heterocycles. The van der Waals surface area contributed by atoms with Gasteiger partial charge in [-0.15, -0.1) is 0 Å². The molecule has 50 valence electrons. The lowest BCUT2D eigenvalue weighted by Gasteiger charge is -1.90. The highest BCUT2D eigenvalue weighted by molar-refractivity contribution is 5.18. The molecule has 0 atom stereocenters. The maximum Gasteiger partial charge on any atom is 0.0938 e. The van der Waals surface area contributed by atoms with Gasteiger partial charge in [-0.05, 0) is 24.5 Å². The Balaban J connectivity index is 2.69. The maximum absolute atomic E-state index is 8.52. The Morgan fingerprint density at radius 3 is 2.78 bits per heavy atom. The Kier molecular flexibility index (Phi) is 1.90. The molecule has 1 heterocycles. The van der Waals surface area contributed by atoms with Crippen molar-refractivity contribution >= 4 is 0 Å². The fourth-order valence-electron chi connectivity index (χ4n) is 0.763. The van der Waals surface area contributed by atoms with E-state index in [-0.39, 0.29) is 6.61 Å². The lowest BCUT2D eigenvalue weighted by atomic mass is 10.2. The van der Waals surface area contributed by atoms with Crippen molar-refractivity contribution in [3.05, 3.63) is 23.7 Å². The fourth-order valence-corrected chi connectivity index (χ4v) is 0.763. The van der Waals surface area contributed by atoms with Gasteiger partial charge in [-0.2, -0.15) is 0 Å². The van der Waals surface area contributed by atoms with Crippen LogP contribution in [0.4, 0.5) is 0 Å². The average molecular weight is 126 g/mol. The average Bonchev–Trinajstić information content (AvgIpc) is 2.18. The molecule has 0 unspecified atom stereocenters. The van der Waals surface area contributed by atoms with Gasteiger partial charge in [0.05, 0.1) is 12.5 Å². The third kappa shape index (κ3) is 1.33. The molecule has 2 nitrogen and oxygen atoms in total. The minimum atomic E-state index is 0.195. The molecule has 0 saturated carbocycles. The van der Waals surface area contributed by atoms with Crippen LogP contribution >= 0.6 is 0 Å². The van der Waals surface area contributed by atoms with Crippen molar-refractivity contribution in [2.24, 2.45) is 0 Å². The van der Waals surface area contributed by atoms with Gasteiger partial charge in [0.1, 0.15) is 0 Å². The molecule has 0 amide bonds. The van der Waals surface area contributed by atoms with Crippen LogP contribution in [0.3, 0.4) is 0 Å². The Morgan fingerprint density at radius 1 is 1.56 bits per heavy atom. The minimum Gasteiger partial charge on any atom is -0.472 e. The van der Waals surface area contributed by atoms with Gasteiger partial charge in [-0.3, -0.25) is 0 Å². The highest BCUT2D eigenvalue weighted by Gasteiger charge is 1.97. The van der Waals surface area contributed by atoms with Crippen molar-refractivity contribution in [1.82, 2.24) is 0 Å². The van der Waals surface area contributed by atoms with Crippen LogP contribution in [0.15, 0.2) is 16.9 Å². The lowest BCUT2D eigenvalue weighted by Crippen LogP contribution is -1.88. The lowest BCUT2D eigenvalue weighted by molar-refractivity contribution is 0.299. The molecule has 0 saturated heterocycles. The van der Waals surface area contributed by atoms with Crippen molar-refractivity contribution < 1.29 is 9.52 Å². The van der Waals surface area contributed by atoms with Crippen LogP contribution in [0, 0.1) is 6.92 Å². The second-order valence-corrected chi connectivity index (χ2v) is 2.05. The van der Waals surface area contributed by atoms with Crippen molar-refractivity contribution in [3.8, 4) is 0 Å². The summed E-state index contributed by atoms with van der Waals surface area (Å²) in [7, 11) is 0. The fraction of sp³-hybridized carbons (Fsp3) is 0.429. The zero-order valence-corrected chi connectivity index (χ0v) is 5.42. The van der Waals surface area contributed by atoms with E-state index < -0.39 is 0 Å². The highest BCUT2D eigenvalue weighted by atomic mass is 16.3. The van der Waals surface area contributed by atoms with E-state index in [0.717, 1.165) is 11.1 Å². The zero-order chi connectivity index (χ0) is 6.69. The van der Waals surface area contributed by atoms with Gasteiger partial charge in [-0.25, -0.2) is 0 Å². The quantitative estimate of drug-likeness (QED) is 0.644. The first-order valence-electron chi connectivity index (χ1n) is 2.97. The maximum atomic E-state index is 8.52. The summed E-state index contributed by atoms with van der Waals surface area (Å²) in [6, 6.07) is 0. The number of furan rings is 1. The second kappa shape index (κ2) is 2.69. The summed E-state index contributed by atoms with van der Waals surface area (Å²) in [6.45, 7) is 2.16. The summed E-state index contributed by atoms with van der Waals surface area (Å²) in [6.07, 6.45) is 4.05. The standard InChI is InChI=1S/C7H10O2/c1-6-4-9-5-7(6)2-3-8/h4-5,8H,2-3H2,1H3. The van der Waals surface area contributed by atoms with Crippen LogP contribution in [0.25, 0.3) is 0 Å². The summed E-state index contributed by atoms with van der Waals surface area (Å²) in [5.41, 5.74) is 2.21. The third-order valence-electron chi connectivity index (χ3n) is 1.34. The van der Waals surface area contributed by atoms with E-state index in [0.29, 0.717) is 6.42 Å². The summed E-state index contributed by atoms with van der Waals surface area (Å²) >= 11 is 0. The van der Waals surface area contributed by atoms with E-state index >= 15 is 0 Å². The van der Waals surface area contributed by atoms with Gasteiger partial charge in [0.15, 0.2) is 0 Å². The summed E-state index contributed by atoms with van der Waals surface area (Å²) in [5.74, 6) is 0. The molecule has 1 N–H and O–H groups in total. The molecule has 0 aliphatic carbocycles. The van der Waals surface area contributed by atoms with E-state index in [4.69, 9.17) is 9.52 Å². The molecule has 0 spiro atoms. The van der Waals surface area contributed by atoms with Crippen molar-refractivity contribution in [2.75, 3.05) is 6.61 Å². The molecule has 9 heavy (non-hydrogen) atoms. The van der Waals surface area contributed by atoms with Crippen LogP contribution in [0.2, 0.25) is 0 Å². The van der Waals surface area contributed by atoms with E-state index in [2.05, 4.69) is 0 Å². The SMILES string of the molecule is Cc1cocc1CCO. The molecule has 0 aliphatic rings. The molecular formula is C7H10O2. The number of hydrogen-bond donors (Lipinski definition) is 1. The van der Waals surface area contributed by atoms with Crippen molar-refractivity contribution in [3.63, 3.8) is 0 Å². The van der Waals surface area contributed by atoms with Gasteiger partial charge < -0.3 is 9.52 Å². The molecule has 0 bridgehead atoms. The molecule has 2 heteroatoms. The number of aliphatic hydroxyl groups excluding tert-OH is 1. The first-order valence-corrected chi connectivity index (χ1v) is 2.97. The molecule has 1 aromatic rings. The Morgan fingerprint density at radius 2 is 2.33 bits per heavy atom. The minimum absolute atomic E-state index is 0.195. The largest absolute Gasteiger partial charge is 0.472 e. The monoisotopic (exact) mass is 126 g/mol. The van der Waals surface area contributed by atoms with Gasteiger partial charge in [0.2, 0.25) is 0 Å². The van der Waals surface area contributed by atoms with E-state index in [1.807, 2.05) is 6.92 Å². The smallest absolute Gasteiger partial charge is 0.0938 e. The normalized spacial score (nSPS) is 10.0. The molecule has 1 aromatic heterocycles. The van der Waals surface area contributed by atoms with Gasteiger partial charge >= 0.3 is 0 Å². The number of hydrogen-bond acceptors (Lipinski definition) is 2. The predicted molar refractivity (Wildman–Crippen MR) is 34.2 cm³/mol. The van der Waals surface area contributed by atoms with Gasteiger partial charge in [0, 0.05) is 6.61 Å². The van der Waals surface area contributed by atoms with E-state index in [1.165, 1.54) is 0 Å². The first kappa shape index (κ1) is 6.36. The zero-order valence-electron chi connectivity index (χ0n) is 5.42. The molecule has 0 fully saturated rings. The Labute approximate surface area is 54.1 Å². The molecule has 0 aromatic carbocycles. The molecule has 1 rings (SSSR count). The van der Waals surface area contributed by atoms with Crippen LogP contribution in [0.5, 0.6) is 0 Å². The summed E-state index contributed by atoms with van der Waals surface area (Å²) < 4.78 is 4.89. The Bertz CT molecular complexity index is 179. The predicted octanol–water partition coefficient (Wildman–Crippen LogP) is 1.12. The van der Waals surface area contributed by atoms with E-state index in [1.54, 1.807) is 12.5 Å². The number of aryl methyl sites for hydroxylation is 1. The number of aliphatic hydroxyl groups is 1. The van der Waals surface area contributed by atoms with Crippen molar-refractivity contribution in [1.29, 1.82) is 0 Å². The van der Waals surface area contributed by atoms with Crippen LogP contribution in [-0.2, 0) is 6.42 Å². The van der Waals surface area contributed by atoms with Crippen LogP contribution in [0.1, 0.15) is 11.1 Å². The molecule has 0 radical (unpaired) electrons. The topological polar surface area (TPSA) is 33.4 Å². The van der Waals surface area contributed by atoms with Crippen LogP contribution in [-0.4, -0.2) is 11.7 Å². The highest BCUT2D eigenvalue weighted by Crippen LogP contribution is 2.08. The van der Waals surface area contributed by atoms with Gasteiger partial charge in [0.25, 0.3) is 0 Å². The summed E-state index contributed by atoms with van der Waals surface area (Å²) in [4.78, 5) is 0. The molecular weight excluding hydrogens is 116 g/mol. The van der Waals surface area contributed by atoms with Crippen LogP contribution < -0.4 is 0 Å². The number of rotatable bonds is 2. The second-order valence-electron chi connectivity index (χ2n) is 2.05. The summed E-state index contributed by atoms with van der Waals surface area (Å²) in [5, 5.41) is 8.52. The first-order chi connectivity index (χ1) is 4.34. The third-order valence-corrected chi connectivity index (χ3v) is 1.34.